The van der Waals surface area contributed by atoms with Crippen LogP contribution < -0.4 is 15.4 Å². The molecule has 0 aliphatic rings. The average Bonchev–Trinajstić information content (AvgIpc) is 3.28. The van der Waals surface area contributed by atoms with Gasteiger partial charge in [-0.1, -0.05) is 30.0 Å². The molecule has 9 heteroatoms. The largest absolute Gasteiger partial charge is 0.457 e. The van der Waals surface area contributed by atoms with Crippen LogP contribution in [0.4, 0.5) is 15.8 Å². The zero-order valence-electron chi connectivity index (χ0n) is 17.9. The fraction of sp³-hybridized carbons (Fsp3) is 0.0800. The Morgan fingerprint density at radius 3 is 2.18 bits per heavy atom. The van der Waals surface area contributed by atoms with Gasteiger partial charge in [0, 0.05) is 16.8 Å². The van der Waals surface area contributed by atoms with Crippen molar-refractivity contribution >= 4 is 46.3 Å². The topological polar surface area (TPSA) is 80.3 Å². The Balaban J connectivity index is 1.22. The second-order valence-electron chi connectivity index (χ2n) is 7.11. The first kappa shape index (κ1) is 23.5. The minimum atomic E-state index is -0.360. The van der Waals surface area contributed by atoms with Crippen molar-refractivity contribution in [1.29, 1.82) is 0 Å². The second kappa shape index (κ2) is 11.4. The number of hydrogen-bond acceptors (Lipinski definition) is 6. The van der Waals surface area contributed by atoms with Crippen LogP contribution in [0.1, 0.15) is 5.69 Å². The summed E-state index contributed by atoms with van der Waals surface area (Å²) in [5.41, 5.74) is 1.82. The van der Waals surface area contributed by atoms with Crippen LogP contribution in [-0.2, 0) is 16.0 Å². The Morgan fingerprint density at radius 2 is 1.47 bits per heavy atom. The Kier molecular flexibility index (Phi) is 7.90. The number of carbonyl (C=O) groups is 2. The van der Waals surface area contributed by atoms with Crippen molar-refractivity contribution in [2.75, 3.05) is 16.4 Å². The number of amides is 2. The third-order valence-electron chi connectivity index (χ3n) is 4.44. The van der Waals surface area contributed by atoms with Crippen molar-refractivity contribution < 1.29 is 18.7 Å². The van der Waals surface area contributed by atoms with Crippen LogP contribution in [-0.4, -0.2) is 22.6 Å². The third kappa shape index (κ3) is 7.16. The predicted octanol–water partition coefficient (Wildman–Crippen LogP) is 5.99. The summed E-state index contributed by atoms with van der Waals surface area (Å²) in [6, 6.07) is 22.2. The van der Waals surface area contributed by atoms with Gasteiger partial charge in [-0.3, -0.25) is 9.59 Å². The molecule has 0 aliphatic heterocycles. The smallest absolute Gasteiger partial charge is 0.234 e. The lowest BCUT2D eigenvalue weighted by Gasteiger charge is -2.07. The van der Waals surface area contributed by atoms with E-state index in [1.54, 1.807) is 29.6 Å². The van der Waals surface area contributed by atoms with Crippen LogP contribution in [0.15, 0.2) is 88.6 Å². The van der Waals surface area contributed by atoms with Gasteiger partial charge in [0.1, 0.15) is 17.3 Å². The van der Waals surface area contributed by atoms with Gasteiger partial charge in [0.15, 0.2) is 4.34 Å². The Bertz CT molecular complexity index is 1250. The Hall–Kier alpha value is -3.69. The predicted molar refractivity (Wildman–Crippen MR) is 133 cm³/mol. The zero-order chi connectivity index (χ0) is 23.8. The highest BCUT2D eigenvalue weighted by molar-refractivity contribution is 8.01. The number of ether oxygens (including phenoxy) is 1. The number of para-hydroxylation sites is 1. The SMILES string of the molecule is O=C(CSc1nc(CC(=O)Nc2ccc(Oc3ccccc3)cc2)cs1)Nc1ccc(F)cc1. The molecule has 0 saturated carbocycles. The molecule has 0 aliphatic carbocycles. The lowest BCUT2D eigenvalue weighted by molar-refractivity contribution is -0.116. The monoisotopic (exact) mass is 493 g/mol. The van der Waals surface area contributed by atoms with E-state index in [-0.39, 0.29) is 29.8 Å². The van der Waals surface area contributed by atoms with E-state index in [1.807, 2.05) is 30.3 Å². The van der Waals surface area contributed by atoms with Crippen LogP contribution in [0.5, 0.6) is 11.5 Å². The van der Waals surface area contributed by atoms with E-state index in [0.29, 0.717) is 27.2 Å². The standard InChI is InChI=1S/C25H20FN3O3S2/c26-17-6-8-18(9-7-17)28-24(31)16-34-25-29-20(15-33-25)14-23(30)27-19-10-12-22(13-11-19)32-21-4-2-1-3-5-21/h1-13,15H,14,16H2,(H,27,30)(H,28,31). The number of halogens is 1. The number of anilines is 2. The maximum Gasteiger partial charge on any atom is 0.234 e. The van der Waals surface area contributed by atoms with E-state index in [4.69, 9.17) is 4.74 Å². The molecule has 0 spiro atoms. The molecule has 1 aromatic heterocycles. The number of nitrogens with zero attached hydrogens (tertiary/aromatic N) is 1. The highest BCUT2D eigenvalue weighted by atomic mass is 32.2. The summed E-state index contributed by atoms with van der Waals surface area (Å²) >= 11 is 2.66. The van der Waals surface area contributed by atoms with Gasteiger partial charge in [-0.05, 0) is 60.7 Å². The fourth-order valence-electron chi connectivity index (χ4n) is 2.89. The lowest BCUT2D eigenvalue weighted by atomic mass is 10.2. The van der Waals surface area contributed by atoms with Crippen LogP contribution in [0.3, 0.4) is 0 Å². The first-order chi connectivity index (χ1) is 16.5. The number of thioether (sulfide) groups is 1. The van der Waals surface area contributed by atoms with Gasteiger partial charge in [-0.2, -0.15) is 0 Å². The van der Waals surface area contributed by atoms with Gasteiger partial charge in [0.05, 0.1) is 17.9 Å². The normalized spacial score (nSPS) is 10.5. The van der Waals surface area contributed by atoms with Crippen molar-refractivity contribution in [1.82, 2.24) is 4.98 Å². The Labute approximate surface area is 204 Å². The highest BCUT2D eigenvalue weighted by Crippen LogP contribution is 2.24. The number of thiazole rings is 1. The molecule has 4 aromatic rings. The molecule has 0 bridgehead atoms. The first-order valence-corrected chi connectivity index (χ1v) is 12.2. The molecule has 3 aromatic carbocycles. The molecule has 6 nitrogen and oxygen atoms in total. The summed E-state index contributed by atoms with van der Waals surface area (Å²) in [6.07, 6.45) is 0.126. The molecule has 4 rings (SSSR count). The average molecular weight is 494 g/mol. The van der Waals surface area contributed by atoms with E-state index < -0.39 is 0 Å². The van der Waals surface area contributed by atoms with Gasteiger partial charge in [-0.25, -0.2) is 9.37 Å². The van der Waals surface area contributed by atoms with E-state index in [9.17, 15) is 14.0 Å². The first-order valence-electron chi connectivity index (χ1n) is 10.3. The molecule has 34 heavy (non-hydrogen) atoms. The second-order valence-corrected chi connectivity index (χ2v) is 9.19. The van der Waals surface area contributed by atoms with Gasteiger partial charge in [0.25, 0.3) is 0 Å². The molecule has 0 saturated heterocycles. The quantitative estimate of drug-likeness (QED) is 0.280. The number of nitrogens with one attached hydrogen (secondary N) is 2. The van der Waals surface area contributed by atoms with Crippen molar-refractivity contribution in [2.45, 2.75) is 10.8 Å². The Morgan fingerprint density at radius 1 is 0.853 bits per heavy atom. The molecule has 172 valence electrons. The summed E-state index contributed by atoms with van der Waals surface area (Å²) in [6.45, 7) is 0. The van der Waals surface area contributed by atoms with Crippen LogP contribution in [0, 0.1) is 5.82 Å². The number of rotatable bonds is 9. The van der Waals surface area contributed by atoms with Crippen molar-refractivity contribution in [3.8, 4) is 11.5 Å². The van der Waals surface area contributed by atoms with Crippen LogP contribution >= 0.6 is 23.1 Å². The van der Waals surface area contributed by atoms with Gasteiger partial charge >= 0.3 is 0 Å². The number of hydrogen-bond donors (Lipinski definition) is 2. The van der Waals surface area contributed by atoms with E-state index in [2.05, 4.69) is 15.6 Å². The summed E-state index contributed by atoms with van der Waals surface area (Å²) in [5, 5.41) is 7.35. The number of carbonyl (C=O) groups excluding carboxylic acids is 2. The summed E-state index contributed by atoms with van der Waals surface area (Å²) in [5.74, 6) is 0.811. The molecular formula is C25H20FN3O3S2. The van der Waals surface area contributed by atoms with Gasteiger partial charge in [-0.15, -0.1) is 11.3 Å². The van der Waals surface area contributed by atoms with E-state index >= 15 is 0 Å². The van der Waals surface area contributed by atoms with E-state index in [1.165, 1.54) is 47.4 Å². The molecule has 0 radical (unpaired) electrons. The van der Waals surface area contributed by atoms with Gasteiger partial charge in [0.2, 0.25) is 11.8 Å². The molecular weight excluding hydrogens is 473 g/mol. The molecule has 2 amide bonds. The maximum atomic E-state index is 12.9. The van der Waals surface area contributed by atoms with Crippen molar-refractivity contribution in [3.63, 3.8) is 0 Å². The third-order valence-corrected chi connectivity index (χ3v) is 6.51. The number of aromatic nitrogens is 1. The summed E-state index contributed by atoms with van der Waals surface area (Å²) in [7, 11) is 0. The molecule has 0 atom stereocenters. The minimum Gasteiger partial charge on any atom is -0.457 e. The molecule has 0 unspecified atom stereocenters. The van der Waals surface area contributed by atoms with Crippen LogP contribution in [0.2, 0.25) is 0 Å². The zero-order valence-corrected chi connectivity index (χ0v) is 19.5. The fourth-order valence-corrected chi connectivity index (χ4v) is 4.54. The minimum absolute atomic E-state index is 0.126. The maximum absolute atomic E-state index is 12.9. The molecule has 1 heterocycles. The summed E-state index contributed by atoms with van der Waals surface area (Å²) < 4.78 is 19.4. The van der Waals surface area contributed by atoms with Crippen molar-refractivity contribution in [2.24, 2.45) is 0 Å². The van der Waals surface area contributed by atoms with Gasteiger partial charge < -0.3 is 15.4 Å². The van der Waals surface area contributed by atoms with Crippen molar-refractivity contribution in [3.05, 3.63) is 95.8 Å². The summed E-state index contributed by atoms with van der Waals surface area (Å²) in [4.78, 5) is 28.9. The molecule has 2 N–H and O–H groups in total. The molecule has 0 fully saturated rings. The highest BCUT2D eigenvalue weighted by Gasteiger charge is 2.11. The lowest BCUT2D eigenvalue weighted by Crippen LogP contribution is -2.14. The van der Waals surface area contributed by atoms with Crippen LogP contribution in [0.25, 0.3) is 0 Å². The number of benzene rings is 3. The van der Waals surface area contributed by atoms with E-state index in [0.717, 1.165) is 5.75 Å².